The lowest BCUT2D eigenvalue weighted by atomic mass is 9.98. The Balaban J connectivity index is 1.92. The van der Waals surface area contributed by atoms with Gasteiger partial charge in [-0.25, -0.2) is 4.79 Å². The molecule has 2 aromatic heterocycles. The normalized spacial score (nSPS) is 11.2. The molecule has 5 rings (SSSR count). The smallest absolute Gasteiger partial charge is 0.348 e. The van der Waals surface area contributed by atoms with Crippen molar-refractivity contribution in [1.82, 2.24) is 0 Å². The second kappa shape index (κ2) is 6.49. The van der Waals surface area contributed by atoms with E-state index in [1.165, 1.54) is 12.1 Å². The third-order valence-electron chi connectivity index (χ3n) is 4.86. The first-order valence-corrected chi connectivity index (χ1v) is 9.01. The summed E-state index contributed by atoms with van der Waals surface area (Å²) in [5.74, 6) is -0.688. The Morgan fingerprint density at radius 2 is 1.48 bits per heavy atom. The molecular weight excluding hydrogens is 368 g/mol. The molecule has 0 saturated carbocycles. The highest BCUT2D eigenvalue weighted by Crippen LogP contribution is 2.38. The first kappa shape index (κ1) is 17.0. The standard InChI is InChI=1S/C24H14O5/c25-17-12-6-4-10-15(17)21(26)23-19(14-8-2-1-3-9-14)20-22(29-23)16-11-5-7-13-18(16)28-24(20)27/h1-13,25H. The second-order valence-corrected chi connectivity index (χ2v) is 6.61. The molecule has 5 heteroatoms. The molecule has 0 saturated heterocycles. The van der Waals surface area contributed by atoms with Crippen LogP contribution in [-0.2, 0) is 0 Å². The number of fused-ring (bicyclic) bond motifs is 3. The maximum atomic E-state index is 13.3. The largest absolute Gasteiger partial charge is 0.507 e. The van der Waals surface area contributed by atoms with Gasteiger partial charge >= 0.3 is 5.63 Å². The maximum absolute atomic E-state index is 13.3. The van der Waals surface area contributed by atoms with Crippen LogP contribution >= 0.6 is 0 Å². The molecule has 0 unspecified atom stereocenters. The Hall–Kier alpha value is -4.12. The number of hydrogen-bond acceptors (Lipinski definition) is 5. The first-order valence-electron chi connectivity index (χ1n) is 9.01. The summed E-state index contributed by atoms with van der Waals surface area (Å²) in [7, 11) is 0. The van der Waals surface area contributed by atoms with Gasteiger partial charge in [0.25, 0.3) is 0 Å². The highest BCUT2D eigenvalue weighted by molar-refractivity contribution is 6.18. The molecular formula is C24H14O5. The lowest BCUT2D eigenvalue weighted by Crippen LogP contribution is -2.04. The number of aromatic hydroxyl groups is 1. The third kappa shape index (κ3) is 2.63. The molecule has 0 aliphatic carbocycles. The molecule has 0 bridgehead atoms. The van der Waals surface area contributed by atoms with Crippen LogP contribution in [0.5, 0.6) is 5.75 Å². The average Bonchev–Trinajstić information content (AvgIpc) is 3.16. The molecule has 0 atom stereocenters. The Morgan fingerprint density at radius 1 is 0.793 bits per heavy atom. The van der Waals surface area contributed by atoms with E-state index in [0.717, 1.165) is 0 Å². The van der Waals surface area contributed by atoms with Gasteiger partial charge in [0, 0.05) is 5.56 Å². The Labute approximate surface area is 164 Å². The Bertz CT molecular complexity index is 1440. The topological polar surface area (TPSA) is 80.6 Å². The summed E-state index contributed by atoms with van der Waals surface area (Å²) in [5.41, 5.74) is 1.17. The minimum Gasteiger partial charge on any atom is -0.507 e. The summed E-state index contributed by atoms with van der Waals surface area (Å²) >= 11 is 0. The van der Waals surface area contributed by atoms with Crippen molar-refractivity contribution in [3.05, 3.63) is 101 Å². The van der Waals surface area contributed by atoms with E-state index in [-0.39, 0.29) is 28.0 Å². The summed E-state index contributed by atoms with van der Waals surface area (Å²) in [6.07, 6.45) is 0. The number of hydrogen-bond donors (Lipinski definition) is 1. The maximum Gasteiger partial charge on any atom is 0.348 e. The van der Waals surface area contributed by atoms with E-state index < -0.39 is 11.4 Å². The number of para-hydroxylation sites is 2. The number of carbonyl (C=O) groups excluding carboxylic acids is 1. The van der Waals surface area contributed by atoms with Crippen molar-refractivity contribution < 1.29 is 18.7 Å². The Kier molecular flexibility index (Phi) is 3.81. The molecule has 29 heavy (non-hydrogen) atoms. The molecule has 0 amide bonds. The molecule has 5 aromatic rings. The minimum absolute atomic E-state index is 0.0173. The summed E-state index contributed by atoms with van der Waals surface area (Å²) in [5, 5.41) is 11.0. The van der Waals surface area contributed by atoms with E-state index in [1.54, 1.807) is 48.5 Å². The number of carbonyl (C=O) groups is 1. The summed E-state index contributed by atoms with van der Waals surface area (Å²) in [4.78, 5) is 26.1. The summed E-state index contributed by atoms with van der Waals surface area (Å²) < 4.78 is 11.5. The highest BCUT2D eigenvalue weighted by atomic mass is 16.4. The quantitative estimate of drug-likeness (QED) is 0.345. The summed E-state index contributed by atoms with van der Waals surface area (Å²) in [6, 6.07) is 22.3. The molecule has 0 radical (unpaired) electrons. The van der Waals surface area contributed by atoms with Crippen molar-refractivity contribution >= 4 is 27.7 Å². The van der Waals surface area contributed by atoms with Crippen LogP contribution in [0.1, 0.15) is 16.1 Å². The van der Waals surface area contributed by atoms with Gasteiger partial charge < -0.3 is 13.9 Å². The van der Waals surface area contributed by atoms with Gasteiger partial charge in [0.1, 0.15) is 16.7 Å². The van der Waals surface area contributed by atoms with Crippen molar-refractivity contribution in [3.63, 3.8) is 0 Å². The number of benzene rings is 3. The predicted molar refractivity (Wildman–Crippen MR) is 109 cm³/mol. The first-order chi connectivity index (χ1) is 14.1. The molecule has 140 valence electrons. The zero-order chi connectivity index (χ0) is 20.0. The number of furan rings is 1. The SMILES string of the molecule is O=C(c1ccccc1O)c1oc2c(c1-c1ccccc1)c(=O)oc1ccccc12. The van der Waals surface area contributed by atoms with E-state index in [9.17, 15) is 14.7 Å². The lowest BCUT2D eigenvalue weighted by molar-refractivity contribution is 0.101. The molecule has 1 N–H and O–H groups in total. The molecule has 5 nitrogen and oxygen atoms in total. The van der Waals surface area contributed by atoms with Gasteiger partial charge in [-0.2, -0.15) is 0 Å². The van der Waals surface area contributed by atoms with E-state index >= 15 is 0 Å². The van der Waals surface area contributed by atoms with Crippen LogP contribution in [0.2, 0.25) is 0 Å². The van der Waals surface area contributed by atoms with Gasteiger partial charge in [-0.1, -0.05) is 54.6 Å². The fourth-order valence-electron chi connectivity index (χ4n) is 3.54. The van der Waals surface area contributed by atoms with Crippen LogP contribution < -0.4 is 5.63 Å². The van der Waals surface area contributed by atoms with Crippen LogP contribution in [0, 0.1) is 0 Å². The van der Waals surface area contributed by atoms with Crippen LogP contribution in [0.15, 0.2) is 92.5 Å². The van der Waals surface area contributed by atoms with Gasteiger partial charge in [0.05, 0.1) is 10.9 Å². The van der Waals surface area contributed by atoms with E-state index in [2.05, 4.69) is 0 Å². The lowest BCUT2D eigenvalue weighted by Gasteiger charge is -2.04. The monoisotopic (exact) mass is 382 g/mol. The minimum atomic E-state index is -0.586. The second-order valence-electron chi connectivity index (χ2n) is 6.61. The van der Waals surface area contributed by atoms with Crippen molar-refractivity contribution in [2.24, 2.45) is 0 Å². The summed E-state index contributed by atoms with van der Waals surface area (Å²) in [6.45, 7) is 0. The molecule has 0 aliphatic heterocycles. The average molecular weight is 382 g/mol. The third-order valence-corrected chi connectivity index (χ3v) is 4.86. The van der Waals surface area contributed by atoms with Gasteiger partial charge in [-0.05, 0) is 29.8 Å². The molecule has 0 fully saturated rings. The zero-order valence-corrected chi connectivity index (χ0v) is 15.1. The van der Waals surface area contributed by atoms with Crippen molar-refractivity contribution in [3.8, 4) is 16.9 Å². The van der Waals surface area contributed by atoms with Crippen molar-refractivity contribution in [1.29, 1.82) is 0 Å². The van der Waals surface area contributed by atoms with Crippen LogP contribution in [-0.4, -0.2) is 10.9 Å². The number of phenolic OH excluding ortho intramolecular Hbond substituents is 1. The fourth-order valence-corrected chi connectivity index (χ4v) is 3.54. The van der Waals surface area contributed by atoms with Crippen molar-refractivity contribution in [2.45, 2.75) is 0 Å². The van der Waals surface area contributed by atoms with Gasteiger partial charge in [-0.15, -0.1) is 0 Å². The predicted octanol–water partition coefficient (Wildman–Crippen LogP) is 5.14. The Morgan fingerprint density at radius 3 is 2.28 bits per heavy atom. The van der Waals surface area contributed by atoms with Gasteiger partial charge in [0.15, 0.2) is 11.3 Å². The molecule has 2 heterocycles. The number of ketones is 1. The van der Waals surface area contributed by atoms with Gasteiger partial charge in [-0.3, -0.25) is 4.79 Å². The molecule has 3 aromatic carbocycles. The molecule has 0 spiro atoms. The van der Waals surface area contributed by atoms with Gasteiger partial charge in [0.2, 0.25) is 5.78 Å². The van der Waals surface area contributed by atoms with E-state index in [1.807, 2.05) is 18.2 Å². The number of rotatable bonds is 3. The van der Waals surface area contributed by atoms with Crippen LogP contribution in [0.25, 0.3) is 33.1 Å². The zero-order valence-electron chi connectivity index (χ0n) is 15.1. The highest BCUT2D eigenvalue weighted by Gasteiger charge is 2.28. The molecule has 0 aliphatic rings. The fraction of sp³-hybridized carbons (Fsp3) is 0. The number of phenols is 1. The van der Waals surface area contributed by atoms with E-state index in [0.29, 0.717) is 22.1 Å². The van der Waals surface area contributed by atoms with E-state index in [4.69, 9.17) is 8.83 Å². The van der Waals surface area contributed by atoms with Crippen LogP contribution in [0.3, 0.4) is 0 Å². The van der Waals surface area contributed by atoms with Crippen LogP contribution in [0.4, 0.5) is 0 Å². The van der Waals surface area contributed by atoms with Crippen molar-refractivity contribution in [2.75, 3.05) is 0 Å².